The first kappa shape index (κ1) is 16.9. The Morgan fingerprint density at radius 2 is 2.00 bits per heavy atom. The van der Waals surface area contributed by atoms with Gasteiger partial charge in [0.15, 0.2) is 6.19 Å². The smallest absolute Gasteiger partial charge is 0.416 e. The van der Waals surface area contributed by atoms with E-state index >= 15 is 0 Å². The lowest BCUT2D eigenvalue weighted by Crippen LogP contribution is -2.05. The predicted molar refractivity (Wildman–Crippen MR) is 86.9 cm³/mol. The van der Waals surface area contributed by atoms with E-state index in [9.17, 15) is 13.2 Å². The van der Waals surface area contributed by atoms with Crippen LogP contribution in [-0.2, 0) is 6.18 Å². The summed E-state index contributed by atoms with van der Waals surface area (Å²) in [5.41, 5.74) is 0.0575. The Balaban J connectivity index is 2.32. The van der Waals surface area contributed by atoms with Crippen LogP contribution in [0.1, 0.15) is 5.56 Å². The van der Waals surface area contributed by atoms with Gasteiger partial charge in [0.2, 0.25) is 5.95 Å². The van der Waals surface area contributed by atoms with Crippen LogP contribution in [0, 0.1) is 11.5 Å². The molecular formula is C16H10ClF3N4O. The summed E-state index contributed by atoms with van der Waals surface area (Å²) in [7, 11) is 1.45. The lowest BCUT2D eigenvalue weighted by Gasteiger charge is -2.13. The molecule has 0 atom stereocenters. The molecule has 0 saturated heterocycles. The third kappa shape index (κ3) is 3.06. The highest BCUT2D eigenvalue weighted by Crippen LogP contribution is 2.35. The van der Waals surface area contributed by atoms with Crippen LogP contribution in [0.2, 0.25) is 5.02 Å². The molecule has 0 aliphatic rings. The van der Waals surface area contributed by atoms with Crippen molar-refractivity contribution < 1.29 is 17.9 Å². The Morgan fingerprint density at radius 1 is 1.24 bits per heavy atom. The molecule has 1 N–H and O–H groups in total. The third-order valence-electron chi connectivity index (χ3n) is 3.53. The summed E-state index contributed by atoms with van der Waals surface area (Å²) in [6.45, 7) is 0. The van der Waals surface area contributed by atoms with Crippen LogP contribution in [0.25, 0.3) is 16.7 Å². The third-order valence-corrected chi connectivity index (χ3v) is 3.77. The van der Waals surface area contributed by atoms with E-state index in [1.807, 2.05) is 0 Å². The Labute approximate surface area is 145 Å². The SMILES string of the molecule is COc1ccc(Cl)cc1-n1c(NC#N)nc2cc(C(F)(F)F)ccc21. The minimum Gasteiger partial charge on any atom is -0.495 e. The summed E-state index contributed by atoms with van der Waals surface area (Å²) >= 11 is 6.03. The van der Waals surface area contributed by atoms with E-state index in [0.29, 0.717) is 22.0 Å². The Kier molecular flexibility index (Phi) is 4.18. The maximum Gasteiger partial charge on any atom is 0.416 e. The number of benzene rings is 2. The molecule has 3 rings (SSSR count). The van der Waals surface area contributed by atoms with Crippen LogP contribution in [0.15, 0.2) is 36.4 Å². The topological polar surface area (TPSA) is 62.9 Å². The van der Waals surface area contributed by atoms with E-state index in [1.54, 1.807) is 24.4 Å². The van der Waals surface area contributed by atoms with Gasteiger partial charge in [-0.3, -0.25) is 9.88 Å². The number of ether oxygens (including phenoxy) is 1. The maximum atomic E-state index is 12.9. The van der Waals surface area contributed by atoms with E-state index in [1.165, 1.54) is 17.7 Å². The van der Waals surface area contributed by atoms with Gasteiger partial charge in [-0.2, -0.15) is 18.4 Å². The van der Waals surface area contributed by atoms with Crippen molar-refractivity contribution in [3.8, 4) is 17.6 Å². The van der Waals surface area contributed by atoms with Crippen molar-refractivity contribution in [2.24, 2.45) is 0 Å². The molecule has 2 aromatic carbocycles. The second kappa shape index (κ2) is 6.18. The summed E-state index contributed by atoms with van der Waals surface area (Å²) in [6.07, 6.45) is -2.77. The first-order valence-electron chi connectivity index (χ1n) is 6.94. The number of rotatable bonds is 3. The van der Waals surface area contributed by atoms with Crippen molar-refractivity contribution in [1.29, 1.82) is 5.26 Å². The van der Waals surface area contributed by atoms with Crippen molar-refractivity contribution in [3.63, 3.8) is 0 Å². The van der Waals surface area contributed by atoms with Crippen LogP contribution >= 0.6 is 11.6 Å². The zero-order chi connectivity index (χ0) is 18.2. The van der Waals surface area contributed by atoms with Gasteiger partial charge in [0.1, 0.15) is 5.75 Å². The van der Waals surface area contributed by atoms with Gasteiger partial charge < -0.3 is 4.74 Å². The average molecular weight is 367 g/mol. The number of fused-ring (bicyclic) bond motifs is 1. The number of aromatic nitrogens is 2. The average Bonchev–Trinajstić information content (AvgIpc) is 2.91. The van der Waals surface area contributed by atoms with Crippen molar-refractivity contribution >= 4 is 28.6 Å². The van der Waals surface area contributed by atoms with Crippen LogP contribution in [-0.4, -0.2) is 16.7 Å². The van der Waals surface area contributed by atoms with E-state index in [0.717, 1.165) is 12.1 Å². The molecule has 9 heteroatoms. The normalized spacial score (nSPS) is 11.4. The molecule has 1 aromatic heterocycles. The molecule has 5 nitrogen and oxygen atoms in total. The number of hydrogen-bond donors (Lipinski definition) is 1. The highest BCUT2D eigenvalue weighted by Gasteiger charge is 2.31. The molecule has 1 heterocycles. The molecule has 0 spiro atoms. The fourth-order valence-electron chi connectivity index (χ4n) is 2.47. The van der Waals surface area contributed by atoms with E-state index in [2.05, 4.69) is 10.3 Å². The second-order valence-electron chi connectivity index (χ2n) is 5.03. The van der Waals surface area contributed by atoms with Gasteiger partial charge in [-0.25, -0.2) is 4.98 Å². The molecule has 0 aliphatic carbocycles. The minimum atomic E-state index is -4.49. The summed E-state index contributed by atoms with van der Waals surface area (Å²) in [5, 5.41) is 11.7. The van der Waals surface area contributed by atoms with Crippen LogP contribution in [0.5, 0.6) is 5.75 Å². The molecular weight excluding hydrogens is 357 g/mol. The first-order valence-corrected chi connectivity index (χ1v) is 7.31. The maximum absolute atomic E-state index is 12.9. The number of hydrogen-bond acceptors (Lipinski definition) is 4. The minimum absolute atomic E-state index is 0.0531. The first-order chi connectivity index (χ1) is 11.8. The van der Waals surface area contributed by atoms with Gasteiger partial charge in [0, 0.05) is 5.02 Å². The summed E-state index contributed by atoms with van der Waals surface area (Å²) < 4.78 is 45.5. The van der Waals surface area contributed by atoms with E-state index < -0.39 is 11.7 Å². The standard InChI is InChI=1S/C16H10ClF3N4O/c1-25-14-5-3-10(17)7-13(14)24-12-4-2-9(16(18,19)20)6-11(12)23-15(24)22-8-21/h2-7H,1H3,(H,22,23). The summed E-state index contributed by atoms with van der Waals surface area (Å²) in [4.78, 5) is 4.09. The van der Waals surface area contributed by atoms with Crippen LogP contribution < -0.4 is 10.1 Å². The van der Waals surface area contributed by atoms with E-state index in [-0.39, 0.29) is 11.5 Å². The number of nitrogens with zero attached hydrogens (tertiary/aromatic N) is 3. The van der Waals surface area contributed by atoms with Crippen molar-refractivity contribution in [2.45, 2.75) is 6.18 Å². The number of imidazole rings is 1. The Morgan fingerprint density at radius 3 is 2.64 bits per heavy atom. The molecule has 0 fully saturated rings. The van der Waals surface area contributed by atoms with Crippen molar-refractivity contribution in [1.82, 2.24) is 9.55 Å². The molecule has 0 bridgehead atoms. The lowest BCUT2D eigenvalue weighted by molar-refractivity contribution is -0.137. The fourth-order valence-corrected chi connectivity index (χ4v) is 2.64. The number of nitriles is 1. The molecule has 0 saturated carbocycles. The summed E-state index contributed by atoms with van der Waals surface area (Å²) in [5.74, 6) is 0.474. The number of methoxy groups -OCH3 is 1. The van der Waals surface area contributed by atoms with E-state index in [4.69, 9.17) is 21.6 Å². The quantitative estimate of drug-likeness (QED) is 0.543. The molecule has 0 unspecified atom stereocenters. The van der Waals surface area contributed by atoms with Gasteiger partial charge in [-0.1, -0.05) is 11.6 Å². The number of nitrogens with one attached hydrogen (secondary N) is 1. The molecule has 3 aromatic rings. The number of alkyl halides is 3. The second-order valence-corrected chi connectivity index (χ2v) is 5.46. The molecule has 128 valence electrons. The zero-order valence-corrected chi connectivity index (χ0v) is 13.5. The van der Waals surface area contributed by atoms with Crippen molar-refractivity contribution in [3.05, 3.63) is 47.0 Å². The largest absolute Gasteiger partial charge is 0.495 e. The van der Waals surface area contributed by atoms with Gasteiger partial charge in [0.25, 0.3) is 0 Å². The molecule has 25 heavy (non-hydrogen) atoms. The lowest BCUT2D eigenvalue weighted by atomic mass is 10.2. The van der Waals surface area contributed by atoms with Crippen molar-refractivity contribution in [2.75, 3.05) is 12.4 Å². The monoisotopic (exact) mass is 366 g/mol. The number of anilines is 1. The zero-order valence-electron chi connectivity index (χ0n) is 12.7. The Bertz CT molecular complexity index is 991. The van der Waals surface area contributed by atoms with Crippen LogP contribution in [0.3, 0.4) is 0 Å². The molecule has 0 aliphatic heterocycles. The fraction of sp³-hybridized carbons (Fsp3) is 0.125. The van der Waals surface area contributed by atoms with Crippen LogP contribution in [0.4, 0.5) is 19.1 Å². The highest BCUT2D eigenvalue weighted by atomic mass is 35.5. The highest BCUT2D eigenvalue weighted by molar-refractivity contribution is 6.30. The van der Waals surface area contributed by atoms with Gasteiger partial charge in [-0.05, 0) is 36.4 Å². The predicted octanol–water partition coefficient (Wildman–Crippen LogP) is 4.60. The van der Waals surface area contributed by atoms with Gasteiger partial charge in [-0.15, -0.1) is 0 Å². The van der Waals surface area contributed by atoms with Gasteiger partial charge >= 0.3 is 6.18 Å². The number of halogens is 4. The summed E-state index contributed by atoms with van der Waals surface area (Å²) in [6, 6.07) is 7.96. The molecule has 0 radical (unpaired) electrons. The molecule has 0 amide bonds. The Hall–Kier alpha value is -2.92. The van der Waals surface area contributed by atoms with Gasteiger partial charge in [0.05, 0.1) is 29.4 Å².